The Morgan fingerprint density at radius 2 is 1.95 bits per heavy atom. The van der Waals surface area contributed by atoms with Crippen LogP contribution in [0.3, 0.4) is 0 Å². The molecule has 21 heavy (non-hydrogen) atoms. The van der Waals surface area contributed by atoms with Crippen LogP contribution in [0.2, 0.25) is 0 Å². The molecule has 0 spiro atoms. The predicted molar refractivity (Wildman–Crippen MR) is 90.7 cm³/mol. The summed E-state index contributed by atoms with van der Waals surface area (Å²) in [7, 11) is 0. The van der Waals surface area contributed by atoms with Crippen molar-refractivity contribution in [1.82, 2.24) is 10.2 Å². The number of amides is 1. The van der Waals surface area contributed by atoms with Crippen LogP contribution in [0.4, 0.5) is 0 Å². The molecule has 0 radical (unpaired) electrons. The van der Waals surface area contributed by atoms with Crippen LogP contribution in [0, 0.1) is 18.8 Å². The highest BCUT2D eigenvalue weighted by Gasteiger charge is 2.32. The maximum absolute atomic E-state index is 12.7. The third kappa shape index (κ3) is 3.43. The van der Waals surface area contributed by atoms with Gasteiger partial charge in [0, 0.05) is 18.0 Å². The lowest BCUT2D eigenvalue weighted by Gasteiger charge is -2.20. The van der Waals surface area contributed by atoms with E-state index in [0.717, 1.165) is 62.2 Å². The Balaban J connectivity index is 0.00000161. The molecule has 0 aliphatic carbocycles. The maximum atomic E-state index is 12.7. The van der Waals surface area contributed by atoms with E-state index in [-0.39, 0.29) is 18.3 Å². The normalized spacial score (nSPS) is 25.1. The monoisotopic (exact) mass is 328 g/mol. The van der Waals surface area contributed by atoms with Crippen molar-refractivity contribution in [3.63, 3.8) is 0 Å². The first-order valence-electron chi connectivity index (χ1n) is 7.78. The van der Waals surface area contributed by atoms with Crippen LogP contribution in [0.1, 0.15) is 39.9 Å². The molecule has 2 fully saturated rings. The number of likely N-dealkylation sites (tertiary alicyclic amines) is 1. The van der Waals surface area contributed by atoms with Gasteiger partial charge < -0.3 is 10.2 Å². The van der Waals surface area contributed by atoms with Gasteiger partial charge in [-0.25, -0.2) is 0 Å². The molecular weight excluding hydrogens is 304 g/mol. The average Bonchev–Trinajstić information content (AvgIpc) is 3.00. The third-order valence-corrected chi connectivity index (χ3v) is 6.00. The zero-order valence-electron chi connectivity index (χ0n) is 12.9. The van der Waals surface area contributed by atoms with E-state index in [0.29, 0.717) is 0 Å². The van der Waals surface area contributed by atoms with Crippen molar-refractivity contribution in [2.24, 2.45) is 11.8 Å². The van der Waals surface area contributed by atoms with Crippen molar-refractivity contribution in [3.8, 4) is 0 Å². The van der Waals surface area contributed by atoms with Gasteiger partial charge in [-0.3, -0.25) is 4.79 Å². The number of hydrogen-bond donors (Lipinski definition) is 1. The van der Waals surface area contributed by atoms with Gasteiger partial charge in [-0.05, 0) is 62.7 Å². The molecule has 1 amide bonds. The van der Waals surface area contributed by atoms with Gasteiger partial charge in [-0.1, -0.05) is 6.92 Å². The summed E-state index contributed by atoms with van der Waals surface area (Å²) in [5.74, 6) is 1.82. The molecule has 5 heteroatoms. The number of fused-ring (bicyclic) bond motifs is 1. The first-order valence-corrected chi connectivity index (χ1v) is 8.60. The maximum Gasteiger partial charge on any atom is 0.263 e. The molecule has 0 bridgehead atoms. The molecule has 2 aliphatic heterocycles. The van der Waals surface area contributed by atoms with E-state index >= 15 is 0 Å². The Hall–Kier alpha value is -0.580. The summed E-state index contributed by atoms with van der Waals surface area (Å²) in [5.41, 5.74) is 1.33. The van der Waals surface area contributed by atoms with Gasteiger partial charge in [0.2, 0.25) is 0 Å². The fourth-order valence-corrected chi connectivity index (χ4v) is 4.64. The Kier molecular flexibility index (Phi) is 5.69. The highest BCUT2D eigenvalue weighted by Crippen LogP contribution is 2.29. The van der Waals surface area contributed by atoms with Gasteiger partial charge in [0.25, 0.3) is 5.91 Å². The first-order chi connectivity index (χ1) is 9.69. The standard InChI is InChI=1S/C16H24N2OS.ClH/c1-3-12-8-15(20-11(12)2)16(19)18-6-4-13-9-17-10-14(13)5-7-18;/h8,13-14,17H,3-7,9-10H2,1-2H3;1H/t13-,14+;. The van der Waals surface area contributed by atoms with E-state index in [1.807, 2.05) is 0 Å². The van der Waals surface area contributed by atoms with E-state index in [4.69, 9.17) is 0 Å². The number of aryl methyl sites for hydroxylation is 2. The second-order valence-electron chi connectivity index (χ2n) is 6.09. The van der Waals surface area contributed by atoms with Gasteiger partial charge in [0.05, 0.1) is 4.88 Å². The fourth-order valence-electron chi connectivity index (χ4n) is 3.55. The van der Waals surface area contributed by atoms with E-state index in [1.165, 1.54) is 10.4 Å². The molecule has 0 saturated carbocycles. The highest BCUT2D eigenvalue weighted by atomic mass is 35.5. The number of hydrogen-bond acceptors (Lipinski definition) is 3. The van der Waals surface area contributed by atoms with Crippen molar-refractivity contribution in [2.75, 3.05) is 26.2 Å². The van der Waals surface area contributed by atoms with Gasteiger partial charge in [0.1, 0.15) is 0 Å². The second-order valence-corrected chi connectivity index (χ2v) is 7.35. The second kappa shape index (κ2) is 7.12. The van der Waals surface area contributed by atoms with E-state index in [2.05, 4.69) is 30.1 Å². The number of nitrogens with one attached hydrogen (secondary N) is 1. The van der Waals surface area contributed by atoms with Gasteiger partial charge in [-0.15, -0.1) is 23.7 Å². The van der Waals surface area contributed by atoms with Crippen LogP contribution >= 0.6 is 23.7 Å². The number of nitrogens with zero attached hydrogens (tertiary/aromatic N) is 1. The van der Waals surface area contributed by atoms with Gasteiger partial charge in [0.15, 0.2) is 0 Å². The molecule has 118 valence electrons. The quantitative estimate of drug-likeness (QED) is 0.904. The highest BCUT2D eigenvalue weighted by molar-refractivity contribution is 7.14. The lowest BCUT2D eigenvalue weighted by Crippen LogP contribution is -2.32. The smallest absolute Gasteiger partial charge is 0.263 e. The topological polar surface area (TPSA) is 32.3 Å². The average molecular weight is 329 g/mol. The molecule has 3 nitrogen and oxygen atoms in total. The van der Waals surface area contributed by atoms with Crippen LogP contribution in [0.5, 0.6) is 0 Å². The molecule has 1 aromatic rings. The minimum absolute atomic E-state index is 0. The molecule has 2 saturated heterocycles. The molecule has 0 aromatic carbocycles. The van der Waals surface area contributed by atoms with E-state index < -0.39 is 0 Å². The van der Waals surface area contributed by atoms with Crippen LogP contribution in [-0.2, 0) is 6.42 Å². The van der Waals surface area contributed by atoms with Crippen molar-refractivity contribution in [2.45, 2.75) is 33.1 Å². The largest absolute Gasteiger partial charge is 0.338 e. The van der Waals surface area contributed by atoms with Gasteiger partial charge >= 0.3 is 0 Å². The number of halogens is 1. The molecular formula is C16H25ClN2OS. The number of carbonyl (C=O) groups excluding carboxylic acids is 1. The molecule has 3 heterocycles. The summed E-state index contributed by atoms with van der Waals surface area (Å²) in [4.78, 5) is 17.0. The lowest BCUT2D eigenvalue weighted by molar-refractivity contribution is 0.0763. The zero-order chi connectivity index (χ0) is 14.1. The molecule has 1 N–H and O–H groups in total. The lowest BCUT2D eigenvalue weighted by atomic mass is 9.92. The van der Waals surface area contributed by atoms with Crippen molar-refractivity contribution >= 4 is 29.7 Å². The minimum atomic E-state index is 0. The number of rotatable bonds is 2. The summed E-state index contributed by atoms with van der Waals surface area (Å²) in [6.07, 6.45) is 3.34. The summed E-state index contributed by atoms with van der Waals surface area (Å²) >= 11 is 1.67. The Bertz CT molecular complexity index is 488. The summed E-state index contributed by atoms with van der Waals surface area (Å²) in [6.45, 7) is 8.43. The van der Waals surface area contributed by atoms with Crippen LogP contribution < -0.4 is 5.32 Å². The Labute approximate surface area is 137 Å². The van der Waals surface area contributed by atoms with Crippen molar-refractivity contribution in [3.05, 3.63) is 21.4 Å². The Morgan fingerprint density at radius 3 is 2.48 bits per heavy atom. The van der Waals surface area contributed by atoms with Crippen molar-refractivity contribution in [1.29, 1.82) is 0 Å². The molecule has 0 unspecified atom stereocenters. The molecule has 2 atom stereocenters. The van der Waals surface area contributed by atoms with E-state index in [9.17, 15) is 4.79 Å². The van der Waals surface area contributed by atoms with Crippen LogP contribution in [0.15, 0.2) is 6.07 Å². The van der Waals surface area contributed by atoms with Crippen LogP contribution in [0.25, 0.3) is 0 Å². The summed E-state index contributed by atoms with van der Waals surface area (Å²) in [6, 6.07) is 2.11. The molecule has 1 aromatic heterocycles. The fraction of sp³-hybridized carbons (Fsp3) is 0.688. The SMILES string of the molecule is CCc1cc(C(=O)N2CC[C@@H]3CNC[C@@H]3CC2)sc1C.Cl. The number of carbonyl (C=O) groups is 1. The predicted octanol–water partition coefficient (Wildman–Crippen LogP) is 3.11. The summed E-state index contributed by atoms with van der Waals surface area (Å²) in [5, 5.41) is 3.48. The molecule has 3 rings (SSSR count). The van der Waals surface area contributed by atoms with E-state index in [1.54, 1.807) is 11.3 Å². The number of thiophene rings is 1. The minimum Gasteiger partial charge on any atom is -0.338 e. The molecule has 2 aliphatic rings. The van der Waals surface area contributed by atoms with Gasteiger partial charge in [-0.2, -0.15) is 0 Å². The Morgan fingerprint density at radius 1 is 1.33 bits per heavy atom. The first kappa shape index (κ1) is 16.8. The summed E-state index contributed by atoms with van der Waals surface area (Å²) < 4.78 is 0. The zero-order valence-corrected chi connectivity index (χ0v) is 14.5. The van der Waals surface area contributed by atoms with Crippen molar-refractivity contribution < 1.29 is 4.79 Å². The third-order valence-electron chi connectivity index (χ3n) is 4.92. The van der Waals surface area contributed by atoms with Crippen LogP contribution in [-0.4, -0.2) is 37.0 Å².